The van der Waals surface area contributed by atoms with E-state index in [0.29, 0.717) is 12.6 Å². The van der Waals surface area contributed by atoms with Crippen LogP contribution in [0.2, 0.25) is 0 Å². The molecule has 2 N–H and O–H groups in total. The van der Waals surface area contributed by atoms with Gasteiger partial charge in [-0.3, -0.25) is 0 Å². The van der Waals surface area contributed by atoms with Gasteiger partial charge in [-0.2, -0.15) is 0 Å². The predicted octanol–water partition coefficient (Wildman–Crippen LogP) is 2.75. The zero-order valence-electron chi connectivity index (χ0n) is 16.0. The fourth-order valence-electron chi connectivity index (χ4n) is 3.87. The lowest BCUT2D eigenvalue weighted by Crippen LogP contribution is -2.40. The quantitative estimate of drug-likeness (QED) is 0.735. The molecular weight excluding hydrogens is 326 g/mol. The highest BCUT2D eigenvalue weighted by Crippen LogP contribution is 2.17. The van der Waals surface area contributed by atoms with E-state index in [1.165, 1.54) is 38.6 Å². The summed E-state index contributed by atoms with van der Waals surface area (Å²) in [6, 6.07) is 4.70. The molecule has 1 aromatic heterocycles. The first-order valence-corrected chi connectivity index (χ1v) is 10.2. The highest BCUT2D eigenvalue weighted by molar-refractivity contribution is 5.73. The number of pyridine rings is 1. The van der Waals surface area contributed by atoms with Crippen molar-refractivity contribution in [3.05, 3.63) is 23.9 Å². The van der Waals surface area contributed by atoms with Crippen molar-refractivity contribution in [2.24, 2.45) is 0 Å². The number of urea groups is 1. The number of nitrogens with one attached hydrogen (secondary N) is 2. The van der Waals surface area contributed by atoms with Crippen LogP contribution in [0.4, 0.5) is 10.6 Å². The Morgan fingerprint density at radius 2 is 1.96 bits per heavy atom. The van der Waals surface area contributed by atoms with Crippen LogP contribution >= 0.6 is 0 Å². The van der Waals surface area contributed by atoms with E-state index in [4.69, 9.17) is 0 Å². The van der Waals surface area contributed by atoms with Crippen LogP contribution < -0.4 is 15.5 Å². The fraction of sp³-hybridized carbons (Fsp3) is 0.700. The molecule has 6 nitrogen and oxygen atoms in total. The molecule has 1 aromatic rings. The van der Waals surface area contributed by atoms with Crippen LogP contribution in [0.15, 0.2) is 18.3 Å². The lowest BCUT2D eigenvalue weighted by molar-refractivity contribution is 0.159. The van der Waals surface area contributed by atoms with E-state index in [2.05, 4.69) is 44.5 Å². The summed E-state index contributed by atoms with van der Waals surface area (Å²) in [5, 5.41) is 5.88. The third kappa shape index (κ3) is 5.59. The molecule has 144 valence electrons. The van der Waals surface area contributed by atoms with Crippen molar-refractivity contribution in [2.45, 2.75) is 58.0 Å². The van der Waals surface area contributed by atoms with Crippen molar-refractivity contribution < 1.29 is 4.79 Å². The van der Waals surface area contributed by atoms with Crippen molar-refractivity contribution in [3.8, 4) is 0 Å². The largest absolute Gasteiger partial charge is 0.357 e. The number of carbonyl (C=O) groups excluding carboxylic acids is 1. The van der Waals surface area contributed by atoms with Gasteiger partial charge in [0.1, 0.15) is 5.82 Å². The van der Waals surface area contributed by atoms with Crippen molar-refractivity contribution in [1.29, 1.82) is 0 Å². The Bertz CT molecular complexity index is 556. The normalized spacial score (nSPS) is 21.0. The minimum absolute atomic E-state index is 0.0969. The molecule has 1 atom stereocenters. The number of piperidine rings is 1. The monoisotopic (exact) mass is 359 g/mol. The molecule has 2 saturated heterocycles. The minimum Gasteiger partial charge on any atom is -0.357 e. The number of nitrogens with zero attached hydrogens (tertiary/aromatic N) is 3. The van der Waals surface area contributed by atoms with Gasteiger partial charge in [-0.05, 0) is 57.2 Å². The maximum absolute atomic E-state index is 11.9. The van der Waals surface area contributed by atoms with Crippen molar-refractivity contribution in [1.82, 2.24) is 20.5 Å². The molecule has 2 aliphatic rings. The average Bonchev–Trinajstić information content (AvgIpc) is 3.20. The molecular formula is C20H33N5O. The van der Waals surface area contributed by atoms with Crippen LogP contribution in [-0.2, 0) is 6.54 Å². The molecule has 0 saturated carbocycles. The summed E-state index contributed by atoms with van der Waals surface area (Å²) in [4.78, 5) is 21.3. The van der Waals surface area contributed by atoms with E-state index in [-0.39, 0.29) is 6.03 Å². The number of anilines is 1. The zero-order chi connectivity index (χ0) is 18.2. The Balaban J connectivity index is 1.30. The first kappa shape index (κ1) is 19.0. The van der Waals surface area contributed by atoms with Crippen LogP contribution in [0.5, 0.6) is 0 Å². The highest BCUT2D eigenvalue weighted by atomic mass is 16.2. The maximum Gasteiger partial charge on any atom is 0.315 e. The van der Waals surface area contributed by atoms with E-state index in [1.54, 1.807) is 0 Å². The summed E-state index contributed by atoms with van der Waals surface area (Å²) in [6.45, 7) is 8.02. The second-order valence-corrected chi connectivity index (χ2v) is 7.56. The van der Waals surface area contributed by atoms with Gasteiger partial charge in [-0.15, -0.1) is 0 Å². The van der Waals surface area contributed by atoms with E-state index in [1.807, 2.05) is 6.20 Å². The topological polar surface area (TPSA) is 60.5 Å². The van der Waals surface area contributed by atoms with Gasteiger partial charge >= 0.3 is 6.03 Å². The Morgan fingerprint density at radius 1 is 1.15 bits per heavy atom. The van der Waals surface area contributed by atoms with E-state index < -0.39 is 0 Å². The van der Waals surface area contributed by atoms with Crippen molar-refractivity contribution in [3.63, 3.8) is 0 Å². The van der Waals surface area contributed by atoms with E-state index in [0.717, 1.165) is 44.0 Å². The number of likely N-dealkylation sites (tertiary alicyclic amines) is 1. The van der Waals surface area contributed by atoms with E-state index >= 15 is 0 Å². The second-order valence-electron chi connectivity index (χ2n) is 7.56. The van der Waals surface area contributed by atoms with Gasteiger partial charge in [0.25, 0.3) is 0 Å². The molecule has 0 radical (unpaired) electrons. The molecule has 3 rings (SSSR count). The molecule has 2 aliphatic heterocycles. The van der Waals surface area contributed by atoms with Crippen molar-refractivity contribution >= 4 is 11.8 Å². The van der Waals surface area contributed by atoms with Gasteiger partial charge < -0.3 is 20.4 Å². The summed E-state index contributed by atoms with van der Waals surface area (Å²) in [5.74, 6) is 1.04. The maximum atomic E-state index is 11.9. The van der Waals surface area contributed by atoms with Gasteiger partial charge in [-0.1, -0.05) is 12.5 Å². The Morgan fingerprint density at radius 3 is 2.69 bits per heavy atom. The van der Waals surface area contributed by atoms with Gasteiger partial charge in [0.2, 0.25) is 0 Å². The number of aromatic nitrogens is 1. The number of hydrogen-bond donors (Lipinski definition) is 2. The predicted molar refractivity (Wildman–Crippen MR) is 105 cm³/mol. The summed E-state index contributed by atoms with van der Waals surface area (Å²) in [6.07, 6.45) is 9.34. The van der Waals surface area contributed by atoms with Gasteiger partial charge in [-0.25, -0.2) is 9.78 Å². The van der Waals surface area contributed by atoms with Gasteiger partial charge in [0, 0.05) is 45.0 Å². The lowest BCUT2D eigenvalue weighted by Gasteiger charge is -2.33. The van der Waals surface area contributed by atoms with Crippen LogP contribution in [-0.4, -0.2) is 54.7 Å². The smallest absolute Gasteiger partial charge is 0.315 e. The zero-order valence-corrected chi connectivity index (χ0v) is 16.0. The SMILES string of the molecule is CC1CCCCN1CCCNC(=O)NCc1ccc(N2CCCC2)nc1. The first-order chi connectivity index (χ1) is 12.7. The summed E-state index contributed by atoms with van der Waals surface area (Å²) in [7, 11) is 0. The van der Waals surface area contributed by atoms with Gasteiger partial charge in [0.15, 0.2) is 0 Å². The Kier molecular flexibility index (Phi) is 7.12. The third-order valence-electron chi connectivity index (χ3n) is 5.54. The third-order valence-corrected chi connectivity index (χ3v) is 5.54. The molecule has 3 heterocycles. The van der Waals surface area contributed by atoms with Crippen LogP contribution in [0.1, 0.15) is 51.0 Å². The standard InChI is InChI=1S/C20H33N5O/c1-17-7-2-3-11-24(17)14-6-10-21-20(26)23-16-18-8-9-19(22-15-18)25-12-4-5-13-25/h8-9,15,17H,2-7,10-14,16H2,1H3,(H2,21,23,26). The van der Waals surface area contributed by atoms with Crippen LogP contribution in [0.25, 0.3) is 0 Å². The minimum atomic E-state index is -0.0969. The molecule has 26 heavy (non-hydrogen) atoms. The van der Waals surface area contributed by atoms with Crippen LogP contribution in [0.3, 0.4) is 0 Å². The molecule has 1 unspecified atom stereocenters. The number of carbonyl (C=O) groups is 1. The van der Waals surface area contributed by atoms with Gasteiger partial charge in [0.05, 0.1) is 0 Å². The molecule has 2 amide bonds. The number of amides is 2. The summed E-state index contributed by atoms with van der Waals surface area (Å²) in [5.41, 5.74) is 1.03. The molecule has 6 heteroatoms. The first-order valence-electron chi connectivity index (χ1n) is 10.2. The number of rotatable bonds is 7. The Hall–Kier alpha value is -1.82. The molecule has 2 fully saturated rings. The van der Waals surface area contributed by atoms with E-state index in [9.17, 15) is 4.79 Å². The van der Waals surface area contributed by atoms with Crippen LogP contribution in [0, 0.1) is 0 Å². The summed E-state index contributed by atoms with van der Waals surface area (Å²) < 4.78 is 0. The molecule has 0 aromatic carbocycles. The molecule has 0 bridgehead atoms. The number of hydrogen-bond acceptors (Lipinski definition) is 4. The summed E-state index contributed by atoms with van der Waals surface area (Å²) >= 11 is 0. The van der Waals surface area contributed by atoms with Crippen molar-refractivity contribution in [2.75, 3.05) is 37.6 Å². The average molecular weight is 360 g/mol. The molecule has 0 aliphatic carbocycles. The molecule has 0 spiro atoms. The second kappa shape index (κ2) is 9.76. The highest BCUT2D eigenvalue weighted by Gasteiger charge is 2.17. The Labute approximate surface area is 157 Å². The fourth-order valence-corrected chi connectivity index (χ4v) is 3.87. The lowest BCUT2D eigenvalue weighted by atomic mass is 10.0.